The van der Waals surface area contributed by atoms with Crippen molar-refractivity contribution in [3.05, 3.63) is 69.6 Å². The van der Waals surface area contributed by atoms with Crippen LogP contribution in [0.4, 0.5) is 0 Å². The van der Waals surface area contributed by atoms with Crippen LogP contribution in [0.3, 0.4) is 0 Å². The first-order valence-electron chi connectivity index (χ1n) is 9.47. The maximum atomic E-state index is 11.2. The number of hydrogen-bond donors (Lipinski definition) is 2. The van der Waals surface area contributed by atoms with Crippen LogP contribution in [0.5, 0.6) is 11.5 Å². The molecule has 0 saturated heterocycles. The van der Waals surface area contributed by atoms with E-state index in [2.05, 4.69) is 31.9 Å². The van der Waals surface area contributed by atoms with Crippen molar-refractivity contribution in [3.8, 4) is 22.6 Å². The molecule has 4 aromatic rings. The van der Waals surface area contributed by atoms with Gasteiger partial charge < -0.3 is 19.7 Å². The van der Waals surface area contributed by atoms with E-state index in [1.807, 2.05) is 48.5 Å². The molecule has 0 aliphatic rings. The molecule has 4 aromatic carbocycles. The number of carboxylic acid groups (broad SMARTS) is 2. The van der Waals surface area contributed by atoms with Crippen LogP contribution in [0.2, 0.25) is 0 Å². The summed E-state index contributed by atoms with van der Waals surface area (Å²) in [6.07, 6.45) is 0. The Morgan fingerprint density at radius 3 is 1.44 bits per heavy atom. The normalized spacial score (nSPS) is 10.9. The summed E-state index contributed by atoms with van der Waals surface area (Å²) in [4.78, 5) is 22.4. The highest BCUT2D eigenvalue weighted by Gasteiger charge is 2.20. The van der Waals surface area contributed by atoms with E-state index in [1.54, 1.807) is 12.1 Å². The summed E-state index contributed by atoms with van der Waals surface area (Å²) in [6.45, 7) is -1.03. The minimum atomic E-state index is -1.10. The smallest absolute Gasteiger partial charge is 0.341 e. The van der Waals surface area contributed by atoms with Gasteiger partial charge in [0.05, 0.1) is 0 Å². The van der Waals surface area contributed by atoms with E-state index >= 15 is 0 Å². The Balaban J connectivity index is 2.07. The summed E-state index contributed by atoms with van der Waals surface area (Å²) < 4.78 is 13.1. The van der Waals surface area contributed by atoms with Crippen LogP contribution in [-0.2, 0) is 9.59 Å². The van der Waals surface area contributed by atoms with Gasteiger partial charge in [-0.05, 0) is 57.9 Å². The van der Waals surface area contributed by atoms with Gasteiger partial charge in [-0.15, -0.1) is 0 Å². The quantitative estimate of drug-likeness (QED) is 0.284. The standard InChI is InChI=1S/C24H16Br2O6/c25-15-3-5-17-13(9-15)1-7-19(31-11-21(27)28)23(17)24-18-6-4-16(26)10-14(18)2-8-20(24)32-12-22(29)30/h1-10H,11-12H2,(H,27,28)(H,29,30). The molecule has 162 valence electrons. The van der Waals surface area contributed by atoms with Gasteiger partial charge >= 0.3 is 11.9 Å². The first-order chi connectivity index (χ1) is 15.3. The minimum Gasteiger partial charge on any atom is -0.481 e. The van der Waals surface area contributed by atoms with Gasteiger partial charge in [-0.1, -0.05) is 56.1 Å². The SMILES string of the molecule is O=C(O)COc1ccc2cc(Br)ccc2c1-c1c(OCC(=O)O)ccc2cc(Br)ccc12. The maximum absolute atomic E-state index is 11.2. The molecular weight excluding hydrogens is 544 g/mol. The zero-order valence-electron chi connectivity index (χ0n) is 16.5. The Kier molecular flexibility index (Phi) is 6.34. The van der Waals surface area contributed by atoms with E-state index < -0.39 is 25.2 Å². The summed E-state index contributed by atoms with van der Waals surface area (Å²) >= 11 is 6.96. The maximum Gasteiger partial charge on any atom is 0.341 e. The van der Waals surface area contributed by atoms with Crippen LogP contribution in [0, 0.1) is 0 Å². The second-order valence-electron chi connectivity index (χ2n) is 6.97. The van der Waals surface area contributed by atoms with Crippen LogP contribution < -0.4 is 9.47 Å². The molecule has 0 spiro atoms. The first kappa shape index (κ1) is 22.1. The van der Waals surface area contributed by atoms with E-state index in [0.717, 1.165) is 30.5 Å². The summed E-state index contributed by atoms with van der Waals surface area (Å²) in [5, 5.41) is 21.7. The zero-order chi connectivity index (χ0) is 22.8. The fourth-order valence-corrected chi connectivity index (χ4v) is 4.35. The van der Waals surface area contributed by atoms with Gasteiger partial charge in [-0.25, -0.2) is 9.59 Å². The molecule has 4 rings (SSSR count). The molecule has 0 aliphatic carbocycles. The van der Waals surface area contributed by atoms with Crippen molar-refractivity contribution < 1.29 is 29.3 Å². The molecule has 2 N–H and O–H groups in total. The fraction of sp³-hybridized carbons (Fsp3) is 0.0833. The average Bonchev–Trinajstić information content (AvgIpc) is 2.75. The van der Waals surface area contributed by atoms with E-state index in [1.165, 1.54) is 0 Å². The van der Waals surface area contributed by atoms with Gasteiger partial charge in [0.1, 0.15) is 11.5 Å². The Hall–Kier alpha value is -3.10. The number of carbonyl (C=O) groups is 2. The lowest BCUT2D eigenvalue weighted by molar-refractivity contribution is -0.140. The molecular formula is C24H16Br2O6. The van der Waals surface area contributed by atoms with Gasteiger partial charge in [0.15, 0.2) is 13.2 Å². The van der Waals surface area contributed by atoms with Crippen molar-refractivity contribution in [2.45, 2.75) is 0 Å². The third-order valence-corrected chi connectivity index (χ3v) is 5.83. The predicted molar refractivity (Wildman–Crippen MR) is 129 cm³/mol. The number of rotatable bonds is 7. The van der Waals surface area contributed by atoms with Crippen LogP contribution >= 0.6 is 31.9 Å². The molecule has 6 nitrogen and oxygen atoms in total. The van der Waals surface area contributed by atoms with Crippen molar-refractivity contribution in [1.29, 1.82) is 0 Å². The number of aliphatic carboxylic acids is 2. The third-order valence-electron chi connectivity index (χ3n) is 4.84. The highest BCUT2D eigenvalue weighted by atomic mass is 79.9. The second-order valence-corrected chi connectivity index (χ2v) is 8.80. The highest BCUT2D eigenvalue weighted by molar-refractivity contribution is 9.10. The molecule has 0 amide bonds. The monoisotopic (exact) mass is 558 g/mol. The van der Waals surface area contributed by atoms with Gasteiger partial charge in [0.25, 0.3) is 0 Å². The molecule has 32 heavy (non-hydrogen) atoms. The number of fused-ring (bicyclic) bond motifs is 2. The number of ether oxygens (including phenoxy) is 2. The summed E-state index contributed by atoms with van der Waals surface area (Å²) in [5.41, 5.74) is 1.26. The molecule has 0 bridgehead atoms. The topological polar surface area (TPSA) is 93.1 Å². The molecule has 0 radical (unpaired) electrons. The van der Waals surface area contributed by atoms with Crippen LogP contribution in [-0.4, -0.2) is 35.4 Å². The second kappa shape index (κ2) is 9.18. The molecule has 0 fully saturated rings. The molecule has 0 aliphatic heterocycles. The van der Waals surface area contributed by atoms with Crippen molar-refractivity contribution >= 4 is 65.3 Å². The molecule has 0 aromatic heterocycles. The van der Waals surface area contributed by atoms with Crippen LogP contribution in [0.15, 0.2) is 69.6 Å². The Labute approximate surface area is 199 Å². The Bertz CT molecular complexity index is 1260. The van der Waals surface area contributed by atoms with E-state index in [-0.39, 0.29) is 0 Å². The zero-order valence-corrected chi connectivity index (χ0v) is 19.6. The summed E-state index contributed by atoms with van der Waals surface area (Å²) in [6, 6.07) is 18.6. The van der Waals surface area contributed by atoms with Crippen LogP contribution in [0.1, 0.15) is 0 Å². The van der Waals surface area contributed by atoms with Gasteiger partial charge in [-0.2, -0.15) is 0 Å². The van der Waals surface area contributed by atoms with Gasteiger partial charge in [0, 0.05) is 20.1 Å². The van der Waals surface area contributed by atoms with Gasteiger partial charge in [-0.3, -0.25) is 0 Å². The lowest BCUT2D eigenvalue weighted by Crippen LogP contribution is -2.11. The third kappa shape index (κ3) is 4.56. The molecule has 0 saturated carbocycles. The highest BCUT2D eigenvalue weighted by Crippen LogP contribution is 2.46. The Morgan fingerprint density at radius 1 is 0.656 bits per heavy atom. The average molecular weight is 560 g/mol. The van der Waals surface area contributed by atoms with Crippen molar-refractivity contribution in [1.82, 2.24) is 0 Å². The lowest BCUT2D eigenvalue weighted by atomic mass is 9.92. The molecule has 8 heteroatoms. The van der Waals surface area contributed by atoms with E-state index in [4.69, 9.17) is 19.7 Å². The summed E-state index contributed by atoms with van der Waals surface area (Å²) in [5.74, 6) is -1.48. The van der Waals surface area contributed by atoms with Gasteiger partial charge in [0.2, 0.25) is 0 Å². The largest absolute Gasteiger partial charge is 0.481 e. The molecule has 0 unspecified atom stereocenters. The van der Waals surface area contributed by atoms with Crippen molar-refractivity contribution in [2.75, 3.05) is 13.2 Å². The van der Waals surface area contributed by atoms with E-state index in [9.17, 15) is 9.59 Å². The fourth-order valence-electron chi connectivity index (χ4n) is 3.60. The van der Waals surface area contributed by atoms with Crippen molar-refractivity contribution in [2.24, 2.45) is 0 Å². The molecule has 0 heterocycles. The number of benzene rings is 4. The summed E-state index contributed by atoms with van der Waals surface area (Å²) in [7, 11) is 0. The van der Waals surface area contributed by atoms with Crippen LogP contribution in [0.25, 0.3) is 32.7 Å². The molecule has 0 atom stereocenters. The van der Waals surface area contributed by atoms with E-state index in [0.29, 0.717) is 22.6 Å². The number of halogens is 2. The predicted octanol–water partition coefficient (Wildman–Crippen LogP) is 6.11. The number of carboxylic acids is 2. The first-order valence-corrected chi connectivity index (χ1v) is 11.1. The number of hydrogen-bond acceptors (Lipinski definition) is 4. The lowest BCUT2D eigenvalue weighted by Gasteiger charge is -2.19. The minimum absolute atomic E-state index is 0.359. The van der Waals surface area contributed by atoms with Crippen molar-refractivity contribution in [3.63, 3.8) is 0 Å². The Morgan fingerprint density at radius 2 is 1.06 bits per heavy atom.